The molecule has 0 saturated carbocycles. The number of aryl methyl sites for hydroxylation is 1. The van der Waals surface area contributed by atoms with Crippen LogP contribution in [0.3, 0.4) is 0 Å². The van der Waals surface area contributed by atoms with E-state index >= 15 is 0 Å². The molecule has 2 nitrogen and oxygen atoms in total. The van der Waals surface area contributed by atoms with E-state index in [9.17, 15) is 13.2 Å². The zero-order valence-electron chi connectivity index (χ0n) is 8.21. The highest BCUT2D eigenvalue weighted by Crippen LogP contribution is 2.19. The summed E-state index contributed by atoms with van der Waals surface area (Å²) in [7, 11) is 0. The molecule has 1 aromatic rings. The summed E-state index contributed by atoms with van der Waals surface area (Å²) in [6.45, 7) is 1.32. The van der Waals surface area contributed by atoms with Gasteiger partial charge in [-0.05, 0) is 19.1 Å². The second-order valence-corrected chi connectivity index (χ2v) is 3.27. The van der Waals surface area contributed by atoms with Crippen LogP contribution in [0, 0.1) is 6.92 Å². The van der Waals surface area contributed by atoms with Crippen molar-refractivity contribution in [1.29, 1.82) is 0 Å². The first kappa shape index (κ1) is 11.8. The monoisotopic (exact) mass is 219 g/mol. The van der Waals surface area contributed by atoms with Crippen molar-refractivity contribution in [3.05, 3.63) is 29.8 Å². The predicted molar refractivity (Wildman–Crippen MR) is 50.7 cm³/mol. The number of ether oxygens (including phenoxy) is 1. The van der Waals surface area contributed by atoms with Crippen molar-refractivity contribution < 1.29 is 17.9 Å². The van der Waals surface area contributed by atoms with Crippen LogP contribution in [0.4, 0.5) is 13.2 Å². The first-order valence-electron chi connectivity index (χ1n) is 4.41. The molecule has 0 bridgehead atoms. The van der Waals surface area contributed by atoms with Crippen molar-refractivity contribution in [2.45, 2.75) is 19.1 Å². The average Bonchev–Trinajstić information content (AvgIpc) is 2.15. The molecule has 1 aromatic carbocycles. The topological polar surface area (TPSA) is 35.2 Å². The molecule has 0 aromatic heterocycles. The SMILES string of the molecule is Cc1ccc(OCC(N)C(F)(F)F)cc1. The van der Waals surface area contributed by atoms with Gasteiger partial charge in [-0.15, -0.1) is 0 Å². The van der Waals surface area contributed by atoms with Crippen molar-refractivity contribution >= 4 is 0 Å². The molecule has 84 valence electrons. The summed E-state index contributed by atoms with van der Waals surface area (Å²) in [5.74, 6) is 0.389. The van der Waals surface area contributed by atoms with Gasteiger partial charge >= 0.3 is 6.18 Å². The lowest BCUT2D eigenvalue weighted by Gasteiger charge is -2.16. The summed E-state index contributed by atoms with van der Waals surface area (Å²) < 4.78 is 40.9. The van der Waals surface area contributed by atoms with Gasteiger partial charge in [-0.2, -0.15) is 13.2 Å². The van der Waals surface area contributed by atoms with E-state index in [2.05, 4.69) is 0 Å². The van der Waals surface area contributed by atoms with E-state index in [0.717, 1.165) is 5.56 Å². The number of hydrogen-bond donors (Lipinski definition) is 1. The molecule has 15 heavy (non-hydrogen) atoms. The lowest BCUT2D eigenvalue weighted by atomic mass is 10.2. The van der Waals surface area contributed by atoms with Gasteiger partial charge in [0, 0.05) is 0 Å². The van der Waals surface area contributed by atoms with Crippen LogP contribution >= 0.6 is 0 Å². The fourth-order valence-corrected chi connectivity index (χ4v) is 0.915. The first-order valence-corrected chi connectivity index (χ1v) is 4.41. The average molecular weight is 219 g/mol. The molecule has 5 heteroatoms. The number of hydrogen-bond acceptors (Lipinski definition) is 2. The van der Waals surface area contributed by atoms with Crippen molar-refractivity contribution in [2.24, 2.45) is 5.73 Å². The van der Waals surface area contributed by atoms with Gasteiger partial charge in [0.1, 0.15) is 18.4 Å². The van der Waals surface area contributed by atoms with E-state index in [1.165, 1.54) is 0 Å². The summed E-state index contributed by atoms with van der Waals surface area (Å²) >= 11 is 0. The van der Waals surface area contributed by atoms with Crippen LogP contribution in [-0.2, 0) is 0 Å². The molecule has 1 atom stereocenters. The van der Waals surface area contributed by atoms with Gasteiger partial charge in [0.25, 0.3) is 0 Å². The minimum atomic E-state index is -4.41. The highest BCUT2D eigenvalue weighted by molar-refractivity contribution is 5.26. The molecular weight excluding hydrogens is 207 g/mol. The van der Waals surface area contributed by atoms with Crippen LogP contribution in [0.5, 0.6) is 5.75 Å². The van der Waals surface area contributed by atoms with E-state index in [1.807, 2.05) is 6.92 Å². The zero-order valence-corrected chi connectivity index (χ0v) is 8.21. The number of rotatable bonds is 3. The molecule has 0 aliphatic carbocycles. The van der Waals surface area contributed by atoms with E-state index in [-0.39, 0.29) is 0 Å². The highest BCUT2D eigenvalue weighted by atomic mass is 19.4. The molecule has 0 fully saturated rings. The van der Waals surface area contributed by atoms with Gasteiger partial charge in [0.2, 0.25) is 0 Å². The maximum Gasteiger partial charge on any atom is 0.406 e. The van der Waals surface area contributed by atoms with Gasteiger partial charge < -0.3 is 10.5 Å². The van der Waals surface area contributed by atoms with E-state index in [1.54, 1.807) is 24.3 Å². The number of alkyl halides is 3. The van der Waals surface area contributed by atoms with Crippen molar-refractivity contribution in [1.82, 2.24) is 0 Å². The summed E-state index contributed by atoms with van der Waals surface area (Å²) in [4.78, 5) is 0. The van der Waals surface area contributed by atoms with E-state index in [0.29, 0.717) is 5.75 Å². The number of halogens is 3. The van der Waals surface area contributed by atoms with E-state index in [4.69, 9.17) is 10.5 Å². The van der Waals surface area contributed by atoms with Gasteiger partial charge in [-0.1, -0.05) is 17.7 Å². The van der Waals surface area contributed by atoms with Gasteiger partial charge in [-0.25, -0.2) is 0 Å². The molecule has 0 saturated heterocycles. The third-order valence-corrected chi connectivity index (χ3v) is 1.87. The quantitative estimate of drug-likeness (QED) is 0.846. The van der Waals surface area contributed by atoms with Crippen LogP contribution in [0.1, 0.15) is 5.56 Å². The van der Waals surface area contributed by atoms with Crippen LogP contribution in [0.25, 0.3) is 0 Å². The molecule has 1 rings (SSSR count). The Balaban J connectivity index is 2.47. The lowest BCUT2D eigenvalue weighted by Crippen LogP contribution is -2.42. The minimum Gasteiger partial charge on any atom is -0.492 e. The molecule has 0 aliphatic heterocycles. The Morgan fingerprint density at radius 3 is 2.27 bits per heavy atom. The van der Waals surface area contributed by atoms with Crippen molar-refractivity contribution in [2.75, 3.05) is 6.61 Å². The highest BCUT2D eigenvalue weighted by Gasteiger charge is 2.37. The van der Waals surface area contributed by atoms with Gasteiger partial charge in [0.15, 0.2) is 0 Å². The standard InChI is InChI=1S/C10H12F3NO/c1-7-2-4-8(5-3-7)15-6-9(14)10(11,12)13/h2-5,9H,6,14H2,1H3. The van der Waals surface area contributed by atoms with Gasteiger partial charge in [0.05, 0.1) is 0 Å². The Hall–Kier alpha value is -1.23. The summed E-state index contributed by atoms with van der Waals surface area (Å²) in [6.07, 6.45) is -4.41. The lowest BCUT2D eigenvalue weighted by molar-refractivity contribution is -0.153. The Morgan fingerprint density at radius 1 is 1.27 bits per heavy atom. The maximum absolute atomic E-state index is 12.0. The molecule has 2 N–H and O–H groups in total. The third-order valence-electron chi connectivity index (χ3n) is 1.87. The minimum absolute atomic E-state index is 0.389. The molecular formula is C10H12F3NO. The first-order chi connectivity index (χ1) is 6.89. The molecule has 0 radical (unpaired) electrons. The largest absolute Gasteiger partial charge is 0.492 e. The van der Waals surface area contributed by atoms with Gasteiger partial charge in [-0.3, -0.25) is 0 Å². The number of benzene rings is 1. The van der Waals surface area contributed by atoms with E-state index < -0.39 is 18.8 Å². The Kier molecular flexibility index (Phi) is 3.57. The molecule has 0 aliphatic rings. The summed E-state index contributed by atoms with van der Waals surface area (Å²) in [5, 5.41) is 0. The predicted octanol–water partition coefficient (Wildman–Crippen LogP) is 2.26. The molecule has 0 amide bonds. The molecule has 1 unspecified atom stereocenters. The van der Waals surface area contributed by atoms with Crippen molar-refractivity contribution in [3.63, 3.8) is 0 Å². The van der Waals surface area contributed by atoms with Crippen LogP contribution < -0.4 is 10.5 Å². The second-order valence-electron chi connectivity index (χ2n) is 3.27. The van der Waals surface area contributed by atoms with Crippen molar-refractivity contribution in [3.8, 4) is 5.75 Å². The molecule has 0 heterocycles. The van der Waals surface area contributed by atoms with Crippen LogP contribution in [0.15, 0.2) is 24.3 Å². The summed E-state index contributed by atoms with van der Waals surface area (Å²) in [6, 6.07) is 4.79. The van der Waals surface area contributed by atoms with Crippen LogP contribution in [0.2, 0.25) is 0 Å². The third kappa shape index (κ3) is 3.79. The Bertz CT molecular complexity index is 307. The maximum atomic E-state index is 12.0. The fourth-order valence-electron chi connectivity index (χ4n) is 0.915. The zero-order chi connectivity index (χ0) is 11.5. The Labute approximate surface area is 85.8 Å². The van der Waals surface area contributed by atoms with Crippen LogP contribution in [-0.4, -0.2) is 18.8 Å². The number of nitrogens with two attached hydrogens (primary N) is 1. The molecule has 0 spiro atoms. The normalized spacial score (nSPS) is 13.7. The fraction of sp³-hybridized carbons (Fsp3) is 0.400. The second kappa shape index (κ2) is 4.53. The Morgan fingerprint density at radius 2 is 1.80 bits per heavy atom. The smallest absolute Gasteiger partial charge is 0.406 e. The summed E-state index contributed by atoms with van der Waals surface area (Å²) in [5.41, 5.74) is 5.89.